The van der Waals surface area contributed by atoms with Gasteiger partial charge >= 0.3 is 0 Å². The van der Waals surface area contributed by atoms with Crippen molar-refractivity contribution in [2.45, 2.75) is 51.9 Å². The van der Waals surface area contributed by atoms with Gasteiger partial charge in [-0.2, -0.15) is 0 Å². The van der Waals surface area contributed by atoms with Crippen molar-refractivity contribution in [2.75, 3.05) is 0 Å². The molecular weight excluding hydrogens is 296 g/mol. The summed E-state index contributed by atoms with van der Waals surface area (Å²) in [7, 11) is 0. The van der Waals surface area contributed by atoms with Crippen molar-refractivity contribution < 1.29 is 10.2 Å². The zero-order chi connectivity index (χ0) is 17.4. The lowest BCUT2D eigenvalue weighted by Gasteiger charge is -2.41. The lowest BCUT2D eigenvalue weighted by atomic mass is 9.63. The average molecular weight is 324 g/mol. The Bertz CT molecular complexity index is 637. The number of phenols is 2. The second kappa shape index (κ2) is 6.16. The maximum atomic E-state index is 9.72. The first-order valence-electron chi connectivity index (χ1n) is 8.92. The SMILES string of the molecule is CC1CC(C)(C)CCCC1(c1ccc(O)cc1)c1ccc(O)cc1. The number of benzene rings is 2. The molecule has 0 bridgehead atoms. The van der Waals surface area contributed by atoms with E-state index >= 15 is 0 Å². The summed E-state index contributed by atoms with van der Waals surface area (Å²) in [6.45, 7) is 7.09. The molecule has 1 atom stereocenters. The van der Waals surface area contributed by atoms with Crippen LogP contribution in [-0.4, -0.2) is 10.2 Å². The highest BCUT2D eigenvalue weighted by Crippen LogP contribution is 2.51. The molecule has 0 aromatic heterocycles. The van der Waals surface area contributed by atoms with E-state index in [1.54, 1.807) is 24.3 Å². The number of rotatable bonds is 2. The van der Waals surface area contributed by atoms with Gasteiger partial charge in [-0.25, -0.2) is 0 Å². The molecule has 2 aromatic carbocycles. The summed E-state index contributed by atoms with van der Waals surface area (Å²) in [6.07, 6.45) is 4.66. The standard InChI is InChI=1S/C22H28O2/c1-16-15-21(2,3)13-4-14-22(16,17-5-9-19(23)10-6-17)18-7-11-20(24)12-8-18/h5-12,16,23-24H,4,13-15H2,1-3H3. The Balaban J connectivity index is 2.16. The van der Waals surface area contributed by atoms with E-state index in [1.807, 2.05) is 0 Å². The van der Waals surface area contributed by atoms with E-state index in [9.17, 15) is 10.2 Å². The first-order chi connectivity index (χ1) is 11.3. The lowest BCUT2D eigenvalue weighted by Crippen LogP contribution is -2.35. The van der Waals surface area contributed by atoms with Gasteiger partial charge in [0.25, 0.3) is 0 Å². The van der Waals surface area contributed by atoms with Gasteiger partial charge in [0.15, 0.2) is 0 Å². The van der Waals surface area contributed by atoms with Crippen LogP contribution < -0.4 is 0 Å². The van der Waals surface area contributed by atoms with Gasteiger partial charge in [-0.15, -0.1) is 0 Å². The van der Waals surface area contributed by atoms with E-state index in [1.165, 1.54) is 24.0 Å². The Hall–Kier alpha value is -1.96. The predicted molar refractivity (Wildman–Crippen MR) is 98.4 cm³/mol. The molecule has 0 heterocycles. The number of aromatic hydroxyl groups is 2. The molecule has 0 saturated heterocycles. The molecule has 2 N–H and O–H groups in total. The van der Waals surface area contributed by atoms with E-state index in [0.717, 1.165) is 12.8 Å². The minimum atomic E-state index is -0.0742. The fourth-order valence-corrected chi connectivity index (χ4v) is 4.74. The van der Waals surface area contributed by atoms with Crippen LogP contribution in [0.2, 0.25) is 0 Å². The van der Waals surface area contributed by atoms with Crippen LogP contribution in [0.25, 0.3) is 0 Å². The molecule has 0 amide bonds. The van der Waals surface area contributed by atoms with Gasteiger partial charge in [-0.1, -0.05) is 51.5 Å². The van der Waals surface area contributed by atoms with Crippen LogP contribution in [0.5, 0.6) is 11.5 Å². The second-order valence-electron chi connectivity index (χ2n) is 8.19. The van der Waals surface area contributed by atoms with E-state index < -0.39 is 0 Å². The van der Waals surface area contributed by atoms with Crippen molar-refractivity contribution in [3.05, 3.63) is 59.7 Å². The van der Waals surface area contributed by atoms with Gasteiger partial charge in [-0.3, -0.25) is 0 Å². The van der Waals surface area contributed by atoms with Crippen LogP contribution in [-0.2, 0) is 5.41 Å². The monoisotopic (exact) mass is 324 g/mol. The Kier molecular flexibility index (Phi) is 4.33. The molecule has 2 heteroatoms. The molecule has 3 rings (SSSR count). The fourth-order valence-electron chi connectivity index (χ4n) is 4.74. The van der Waals surface area contributed by atoms with E-state index in [4.69, 9.17) is 0 Å². The zero-order valence-corrected chi connectivity index (χ0v) is 14.9. The van der Waals surface area contributed by atoms with Crippen molar-refractivity contribution in [3.63, 3.8) is 0 Å². The first kappa shape index (κ1) is 16.9. The molecule has 0 radical (unpaired) electrons. The number of hydrogen-bond donors (Lipinski definition) is 2. The Morgan fingerprint density at radius 2 is 1.25 bits per heavy atom. The van der Waals surface area contributed by atoms with Crippen molar-refractivity contribution in [2.24, 2.45) is 11.3 Å². The minimum Gasteiger partial charge on any atom is -0.508 e. The van der Waals surface area contributed by atoms with Gasteiger partial charge in [0.2, 0.25) is 0 Å². The first-order valence-corrected chi connectivity index (χ1v) is 8.92. The summed E-state index contributed by atoms with van der Waals surface area (Å²) in [5.41, 5.74) is 2.79. The molecule has 1 fully saturated rings. The number of phenolic OH excluding ortho intramolecular Hbond substituents is 2. The Labute approximate surface area is 145 Å². The second-order valence-corrected chi connectivity index (χ2v) is 8.19. The highest BCUT2D eigenvalue weighted by Gasteiger charge is 2.43. The van der Waals surface area contributed by atoms with E-state index in [-0.39, 0.29) is 5.41 Å². The summed E-state index contributed by atoms with van der Waals surface area (Å²) in [5, 5.41) is 19.4. The largest absolute Gasteiger partial charge is 0.508 e. The summed E-state index contributed by atoms with van der Waals surface area (Å²) >= 11 is 0. The molecule has 2 nitrogen and oxygen atoms in total. The average Bonchev–Trinajstić information content (AvgIpc) is 2.64. The highest BCUT2D eigenvalue weighted by atomic mass is 16.3. The maximum Gasteiger partial charge on any atom is 0.115 e. The molecule has 128 valence electrons. The maximum absolute atomic E-state index is 9.72. The Morgan fingerprint density at radius 1 is 0.792 bits per heavy atom. The van der Waals surface area contributed by atoms with Gasteiger partial charge < -0.3 is 10.2 Å². The fraction of sp³-hybridized carbons (Fsp3) is 0.455. The van der Waals surface area contributed by atoms with Crippen molar-refractivity contribution in [3.8, 4) is 11.5 Å². The van der Waals surface area contributed by atoms with Crippen molar-refractivity contribution >= 4 is 0 Å². The van der Waals surface area contributed by atoms with Crippen LogP contribution in [0.1, 0.15) is 57.6 Å². The Morgan fingerprint density at radius 3 is 1.71 bits per heavy atom. The van der Waals surface area contributed by atoms with Gasteiger partial charge in [0.05, 0.1) is 0 Å². The molecule has 1 unspecified atom stereocenters. The lowest BCUT2D eigenvalue weighted by molar-refractivity contribution is 0.240. The zero-order valence-electron chi connectivity index (χ0n) is 14.9. The summed E-state index contributed by atoms with van der Waals surface area (Å²) in [6, 6.07) is 15.4. The van der Waals surface area contributed by atoms with Crippen LogP contribution in [0.15, 0.2) is 48.5 Å². The molecule has 24 heavy (non-hydrogen) atoms. The molecule has 0 spiro atoms. The summed E-state index contributed by atoms with van der Waals surface area (Å²) in [4.78, 5) is 0. The smallest absolute Gasteiger partial charge is 0.115 e. The van der Waals surface area contributed by atoms with E-state index in [0.29, 0.717) is 22.8 Å². The minimum absolute atomic E-state index is 0.0742. The van der Waals surface area contributed by atoms with E-state index in [2.05, 4.69) is 45.0 Å². The topological polar surface area (TPSA) is 40.5 Å². The van der Waals surface area contributed by atoms with Crippen LogP contribution in [0.3, 0.4) is 0 Å². The molecule has 0 aliphatic heterocycles. The van der Waals surface area contributed by atoms with Crippen LogP contribution in [0, 0.1) is 11.3 Å². The number of hydrogen-bond acceptors (Lipinski definition) is 2. The normalized spacial score (nSPS) is 22.7. The third kappa shape index (κ3) is 3.02. The molecule has 2 aromatic rings. The van der Waals surface area contributed by atoms with Crippen molar-refractivity contribution in [1.82, 2.24) is 0 Å². The predicted octanol–water partition coefficient (Wildman–Crippen LogP) is 5.62. The quantitative estimate of drug-likeness (QED) is 0.704. The summed E-state index contributed by atoms with van der Waals surface area (Å²) < 4.78 is 0. The van der Waals surface area contributed by atoms with Gasteiger partial charge in [0.1, 0.15) is 11.5 Å². The van der Waals surface area contributed by atoms with Crippen LogP contribution in [0.4, 0.5) is 0 Å². The van der Waals surface area contributed by atoms with Gasteiger partial charge in [0, 0.05) is 5.41 Å². The summed E-state index contributed by atoms with van der Waals surface area (Å²) in [5.74, 6) is 1.09. The van der Waals surface area contributed by atoms with Gasteiger partial charge in [-0.05, 0) is 66.0 Å². The molecule has 1 aliphatic carbocycles. The van der Waals surface area contributed by atoms with Crippen LogP contribution >= 0.6 is 0 Å². The highest BCUT2D eigenvalue weighted by molar-refractivity contribution is 5.44. The molecule has 1 saturated carbocycles. The molecular formula is C22H28O2. The molecule has 1 aliphatic rings. The third-order valence-corrected chi connectivity index (χ3v) is 5.89. The third-order valence-electron chi connectivity index (χ3n) is 5.89. The van der Waals surface area contributed by atoms with Crippen molar-refractivity contribution in [1.29, 1.82) is 0 Å².